The average molecular weight is 304 g/mol. The van der Waals surface area contributed by atoms with Gasteiger partial charge in [-0.2, -0.15) is 0 Å². The van der Waals surface area contributed by atoms with E-state index in [0.717, 1.165) is 24.9 Å². The number of rotatable bonds is 5. The fraction of sp³-hybridized carbons (Fsp3) is 0.438. The van der Waals surface area contributed by atoms with Crippen LogP contribution in [0.15, 0.2) is 24.3 Å². The van der Waals surface area contributed by atoms with Gasteiger partial charge in [0.2, 0.25) is 11.8 Å². The third kappa shape index (κ3) is 4.07. The molecule has 1 unspecified atom stereocenters. The fourth-order valence-electron chi connectivity index (χ4n) is 2.36. The van der Waals surface area contributed by atoms with E-state index in [1.165, 1.54) is 6.92 Å². The molecule has 0 saturated carbocycles. The molecule has 1 aromatic rings. The maximum Gasteiger partial charge on any atom is 0.315 e. The topological polar surface area (TPSA) is 86.7 Å². The van der Waals surface area contributed by atoms with E-state index in [4.69, 9.17) is 5.11 Å². The number of aliphatic carboxylic acids is 1. The standard InChI is InChI=1S/C16H20N2O4/c1-11(16(21)22)15(20)17-13-6-4-5-12(9-13)10-18-8-3-2-7-14(18)19/h4-6,9,11H,2-3,7-8,10H2,1H3,(H,17,20)(H,21,22). The number of likely N-dealkylation sites (tertiary alicyclic amines) is 1. The zero-order chi connectivity index (χ0) is 16.1. The molecule has 1 atom stereocenters. The van der Waals surface area contributed by atoms with Gasteiger partial charge in [0.1, 0.15) is 5.92 Å². The summed E-state index contributed by atoms with van der Waals surface area (Å²) in [4.78, 5) is 36.2. The minimum absolute atomic E-state index is 0.153. The number of carbonyl (C=O) groups is 3. The van der Waals surface area contributed by atoms with Crippen molar-refractivity contribution in [3.63, 3.8) is 0 Å². The number of anilines is 1. The Morgan fingerprint density at radius 1 is 1.36 bits per heavy atom. The Morgan fingerprint density at radius 3 is 2.82 bits per heavy atom. The predicted octanol–water partition coefficient (Wildman–Crippen LogP) is 1.86. The summed E-state index contributed by atoms with van der Waals surface area (Å²) >= 11 is 0. The van der Waals surface area contributed by atoms with E-state index in [1.54, 1.807) is 18.2 Å². The maximum atomic E-state index is 11.8. The lowest BCUT2D eigenvalue weighted by atomic mass is 10.1. The second-order valence-electron chi connectivity index (χ2n) is 5.52. The molecule has 1 aliphatic rings. The molecule has 22 heavy (non-hydrogen) atoms. The van der Waals surface area contributed by atoms with Crippen molar-refractivity contribution in [3.8, 4) is 0 Å². The highest BCUT2D eigenvalue weighted by Crippen LogP contribution is 2.17. The Morgan fingerprint density at radius 2 is 2.14 bits per heavy atom. The summed E-state index contributed by atoms with van der Waals surface area (Å²) in [6.45, 7) is 2.61. The monoisotopic (exact) mass is 304 g/mol. The largest absolute Gasteiger partial charge is 0.481 e. The van der Waals surface area contributed by atoms with Crippen LogP contribution in [0.25, 0.3) is 0 Å². The molecule has 6 heteroatoms. The molecule has 2 rings (SSSR count). The molecule has 0 aromatic heterocycles. The Balaban J connectivity index is 2.02. The summed E-state index contributed by atoms with van der Waals surface area (Å²) in [7, 11) is 0. The second-order valence-corrected chi connectivity index (χ2v) is 5.52. The van der Waals surface area contributed by atoms with Crippen molar-refractivity contribution in [3.05, 3.63) is 29.8 Å². The predicted molar refractivity (Wildman–Crippen MR) is 81.1 cm³/mol. The summed E-state index contributed by atoms with van der Waals surface area (Å²) in [6.07, 6.45) is 2.54. The van der Waals surface area contributed by atoms with Crippen LogP contribution in [0.2, 0.25) is 0 Å². The first-order valence-electron chi connectivity index (χ1n) is 7.38. The number of piperidine rings is 1. The number of amides is 2. The van der Waals surface area contributed by atoms with Gasteiger partial charge in [-0.05, 0) is 37.5 Å². The summed E-state index contributed by atoms with van der Waals surface area (Å²) < 4.78 is 0. The first-order chi connectivity index (χ1) is 10.5. The van der Waals surface area contributed by atoms with Crippen molar-refractivity contribution >= 4 is 23.5 Å². The second kappa shape index (κ2) is 7.06. The smallest absolute Gasteiger partial charge is 0.315 e. The minimum Gasteiger partial charge on any atom is -0.481 e. The SMILES string of the molecule is CC(C(=O)O)C(=O)Nc1cccc(CN2CCCCC2=O)c1. The number of carboxylic acids is 1. The molecular weight excluding hydrogens is 284 g/mol. The number of hydrogen-bond acceptors (Lipinski definition) is 3. The molecule has 0 aliphatic carbocycles. The third-order valence-electron chi connectivity index (χ3n) is 3.75. The Labute approximate surface area is 129 Å². The molecule has 2 amide bonds. The van der Waals surface area contributed by atoms with E-state index in [0.29, 0.717) is 18.7 Å². The molecule has 0 radical (unpaired) electrons. The number of carbonyl (C=O) groups excluding carboxylic acids is 2. The van der Waals surface area contributed by atoms with Gasteiger partial charge in [-0.1, -0.05) is 12.1 Å². The van der Waals surface area contributed by atoms with Gasteiger partial charge in [-0.3, -0.25) is 14.4 Å². The summed E-state index contributed by atoms with van der Waals surface area (Å²) in [5.74, 6) is -2.67. The van der Waals surface area contributed by atoms with Crippen molar-refractivity contribution in [1.29, 1.82) is 0 Å². The number of nitrogens with one attached hydrogen (secondary N) is 1. The van der Waals surface area contributed by atoms with Crippen molar-refractivity contribution in [1.82, 2.24) is 4.90 Å². The molecule has 1 heterocycles. The first kappa shape index (κ1) is 16.0. The quantitative estimate of drug-likeness (QED) is 0.813. The molecule has 2 N–H and O–H groups in total. The van der Waals surface area contributed by atoms with Crippen LogP contribution in [0.4, 0.5) is 5.69 Å². The molecule has 1 aromatic carbocycles. The summed E-state index contributed by atoms with van der Waals surface area (Å²) in [6, 6.07) is 7.14. The van der Waals surface area contributed by atoms with E-state index >= 15 is 0 Å². The van der Waals surface area contributed by atoms with Gasteiger partial charge in [-0.25, -0.2) is 0 Å². The van der Waals surface area contributed by atoms with Crippen LogP contribution in [-0.4, -0.2) is 34.3 Å². The van der Waals surface area contributed by atoms with Crippen LogP contribution < -0.4 is 5.32 Å². The van der Waals surface area contributed by atoms with E-state index in [9.17, 15) is 14.4 Å². The average Bonchev–Trinajstić information content (AvgIpc) is 2.49. The highest BCUT2D eigenvalue weighted by molar-refractivity contribution is 6.03. The molecule has 0 bridgehead atoms. The minimum atomic E-state index is -1.16. The lowest BCUT2D eigenvalue weighted by Gasteiger charge is -2.26. The van der Waals surface area contributed by atoms with E-state index in [-0.39, 0.29) is 5.91 Å². The molecule has 118 valence electrons. The Bertz CT molecular complexity index is 585. The van der Waals surface area contributed by atoms with Gasteiger partial charge in [0.05, 0.1) is 0 Å². The normalized spacial score (nSPS) is 16.2. The van der Waals surface area contributed by atoms with Gasteiger partial charge in [0.15, 0.2) is 0 Å². The van der Waals surface area contributed by atoms with Crippen LogP contribution >= 0.6 is 0 Å². The number of benzene rings is 1. The van der Waals surface area contributed by atoms with Gasteiger partial charge < -0.3 is 15.3 Å². The van der Waals surface area contributed by atoms with Gasteiger partial charge in [-0.15, -0.1) is 0 Å². The Hall–Kier alpha value is -2.37. The molecule has 1 aliphatic heterocycles. The van der Waals surface area contributed by atoms with E-state index in [2.05, 4.69) is 5.32 Å². The van der Waals surface area contributed by atoms with Crippen LogP contribution in [0, 0.1) is 5.92 Å². The molecule has 0 spiro atoms. The summed E-state index contributed by atoms with van der Waals surface area (Å²) in [5.41, 5.74) is 1.45. The molecular formula is C16H20N2O4. The van der Waals surface area contributed by atoms with Gasteiger partial charge in [0, 0.05) is 25.2 Å². The van der Waals surface area contributed by atoms with Crippen LogP contribution in [-0.2, 0) is 20.9 Å². The third-order valence-corrected chi connectivity index (χ3v) is 3.75. The molecule has 6 nitrogen and oxygen atoms in total. The summed E-state index contributed by atoms with van der Waals surface area (Å²) in [5, 5.41) is 11.4. The number of nitrogens with zero attached hydrogens (tertiary/aromatic N) is 1. The fourth-order valence-corrected chi connectivity index (χ4v) is 2.36. The highest BCUT2D eigenvalue weighted by Gasteiger charge is 2.21. The van der Waals surface area contributed by atoms with Crippen molar-refractivity contribution in [2.24, 2.45) is 5.92 Å². The van der Waals surface area contributed by atoms with Crippen LogP contribution in [0.5, 0.6) is 0 Å². The Kier molecular flexibility index (Phi) is 5.14. The first-order valence-corrected chi connectivity index (χ1v) is 7.38. The number of carboxylic acid groups (broad SMARTS) is 1. The van der Waals surface area contributed by atoms with Gasteiger partial charge in [0.25, 0.3) is 0 Å². The van der Waals surface area contributed by atoms with Crippen molar-refractivity contribution in [2.45, 2.75) is 32.7 Å². The number of hydrogen-bond donors (Lipinski definition) is 2. The van der Waals surface area contributed by atoms with E-state index in [1.807, 2.05) is 11.0 Å². The van der Waals surface area contributed by atoms with Gasteiger partial charge >= 0.3 is 5.97 Å². The van der Waals surface area contributed by atoms with Crippen LogP contribution in [0.3, 0.4) is 0 Å². The molecule has 1 saturated heterocycles. The zero-order valence-electron chi connectivity index (χ0n) is 12.5. The maximum absolute atomic E-state index is 11.8. The zero-order valence-corrected chi connectivity index (χ0v) is 12.5. The lowest BCUT2D eigenvalue weighted by Crippen LogP contribution is -2.34. The van der Waals surface area contributed by atoms with Crippen LogP contribution in [0.1, 0.15) is 31.7 Å². The lowest BCUT2D eigenvalue weighted by molar-refractivity contribution is -0.144. The van der Waals surface area contributed by atoms with E-state index < -0.39 is 17.8 Å². The van der Waals surface area contributed by atoms with Crippen molar-refractivity contribution in [2.75, 3.05) is 11.9 Å². The highest BCUT2D eigenvalue weighted by atomic mass is 16.4. The van der Waals surface area contributed by atoms with Crippen molar-refractivity contribution < 1.29 is 19.5 Å². The molecule has 1 fully saturated rings.